The van der Waals surface area contributed by atoms with Gasteiger partial charge in [-0.1, -0.05) is 25.0 Å². The second-order valence-electron chi connectivity index (χ2n) is 5.24. The molecule has 0 aliphatic heterocycles. The fourth-order valence-corrected chi connectivity index (χ4v) is 2.45. The van der Waals surface area contributed by atoms with E-state index in [4.69, 9.17) is 5.73 Å². The van der Waals surface area contributed by atoms with Crippen molar-refractivity contribution in [3.63, 3.8) is 0 Å². The summed E-state index contributed by atoms with van der Waals surface area (Å²) >= 11 is 0. The first-order valence-corrected chi connectivity index (χ1v) is 6.55. The van der Waals surface area contributed by atoms with Gasteiger partial charge in [0.25, 0.3) is 0 Å². The molecular formula is C14H18ClF3N2O. The third-order valence-corrected chi connectivity index (χ3v) is 3.66. The minimum atomic E-state index is -4.37. The Morgan fingerprint density at radius 2 is 1.90 bits per heavy atom. The van der Waals surface area contributed by atoms with Crippen LogP contribution in [0.1, 0.15) is 36.8 Å². The van der Waals surface area contributed by atoms with Gasteiger partial charge >= 0.3 is 6.18 Å². The molecule has 1 aliphatic carbocycles. The maximum atomic E-state index is 12.6. The highest BCUT2D eigenvalue weighted by Gasteiger charge is 2.36. The molecular weight excluding hydrogens is 305 g/mol. The second-order valence-corrected chi connectivity index (χ2v) is 5.24. The summed E-state index contributed by atoms with van der Waals surface area (Å²) < 4.78 is 37.7. The van der Waals surface area contributed by atoms with Crippen LogP contribution in [0.2, 0.25) is 0 Å². The molecule has 118 valence electrons. The first-order chi connectivity index (χ1) is 9.31. The Kier molecular flexibility index (Phi) is 5.64. The van der Waals surface area contributed by atoms with Crippen LogP contribution >= 0.6 is 12.4 Å². The molecule has 1 fully saturated rings. The highest BCUT2D eigenvalue weighted by Crippen LogP contribution is 2.30. The number of rotatable bonds is 3. The van der Waals surface area contributed by atoms with Gasteiger partial charge in [0.2, 0.25) is 5.91 Å². The quantitative estimate of drug-likeness (QED) is 0.898. The predicted molar refractivity (Wildman–Crippen MR) is 75.9 cm³/mol. The number of hydrogen-bond donors (Lipinski definition) is 2. The van der Waals surface area contributed by atoms with Gasteiger partial charge in [-0.25, -0.2) is 0 Å². The second kappa shape index (κ2) is 6.66. The number of halogens is 4. The molecule has 2 rings (SSSR count). The number of nitrogens with one attached hydrogen (secondary N) is 1. The van der Waals surface area contributed by atoms with E-state index < -0.39 is 17.3 Å². The Morgan fingerprint density at radius 1 is 1.29 bits per heavy atom. The maximum absolute atomic E-state index is 12.6. The van der Waals surface area contributed by atoms with Crippen molar-refractivity contribution in [3.05, 3.63) is 35.4 Å². The van der Waals surface area contributed by atoms with Crippen LogP contribution in [0, 0.1) is 0 Å². The molecule has 1 aromatic rings. The molecule has 0 atom stereocenters. The monoisotopic (exact) mass is 322 g/mol. The van der Waals surface area contributed by atoms with Crippen molar-refractivity contribution in [2.24, 2.45) is 5.73 Å². The van der Waals surface area contributed by atoms with Crippen molar-refractivity contribution in [2.45, 2.75) is 43.9 Å². The van der Waals surface area contributed by atoms with E-state index in [1.807, 2.05) is 0 Å². The summed E-state index contributed by atoms with van der Waals surface area (Å²) in [7, 11) is 0. The molecule has 1 aliphatic rings. The van der Waals surface area contributed by atoms with Gasteiger partial charge in [-0.15, -0.1) is 12.4 Å². The average molecular weight is 323 g/mol. The molecule has 21 heavy (non-hydrogen) atoms. The van der Waals surface area contributed by atoms with Gasteiger partial charge in [0.05, 0.1) is 11.1 Å². The van der Waals surface area contributed by atoms with Crippen LogP contribution < -0.4 is 11.1 Å². The van der Waals surface area contributed by atoms with E-state index in [9.17, 15) is 18.0 Å². The van der Waals surface area contributed by atoms with E-state index in [2.05, 4.69) is 5.32 Å². The van der Waals surface area contributed by atoms with E-state index in [1.54, 1.807) is 6.07 Å². The fourth-order valence-electron chi connectivity index (χ4n) is 2.45. The molecule has 1 aromatic carbocycles. The molecule has 0 unspecified atom stereocenters. The Bertz CT molecular complexity index is 499. The Morgan fingerprint density at radius 3 is 2.48 bits per heavy atom. The molecule has 7 heteroatoms. The van der Waals surface area contributed by atoms with Crippen molar-refractivity contribution in [1.29, 1.82) is 0 Å². The smallest absolute Gasteiger partial charge is 0.350 e. The van der Waals surface area contributed by atoms with Gasteiger partial charge in [0.15, 0.2) is 0 Å². The molecule has 0 aromatic heterocycles. The minimum Gasteiger partial charge on any atom is -0.350 e. The van der Waals surface area contributed by atoms with Crippen LogP contribution in [0.15, 0.2) is 24.3 Å². The molecule has 1 amide bonds. The summed E-state index contributed by atoms with van der Waals surface area (Å²) in [6.45, 7) is 0.0572. The number of carbonyl (C=O) groups is 1. The summed E-state index contributed by atoms with van der Waals surface area (Å²) in [5, 5.41) is 2.63. The zero-order valence-electron chi connectivity index (χ0n) is 11.4. The minimum absolute atomic E-state index is 0. The molecule has 1 saturated carbocycles. The van der Waals surface area contributed by atoms with Gasteiger partial charge < -0.3 is 11.1 Å². The van der Waals surface area contributed by atoms with Crippen LogP contribution in [0.25, 0.3) is 0 Å². The third kappa shape index (κ3) is 4.35. The van der Waals surface area contributed by atoms with E-state index in [0.717, 1.165) is 25.0 Å². The Hall–Kier alpha value is -1.27. The molecule has 0 bridgehead atoms. The number of carbonyl (C=O) groups excluding carboxylic acids is 1. The van der Waals surface area contributed by atoms with Crippen LogP contribution in [0.3, 0.4) is 0 Å². The third-order valence-electron chi connectivity index (χ3n) is 3.66. The highest BCUT2D eigenvalue weighted by molar-refractivity contribution is 5.86. The molecule has 0 saturated heterocycles. The van der Waals surface area contributed by atoms with E-state index in [0.29, 0.717) is 18.4 Å². The Balaban J connectivity index is 0.00000220. The van der Waals surface area contributed by atoms with Gasteiger partial charge in [-0.05, 0) is 30.5 Å². The standard InChI is InChI=1S/C14H17F3N2O.ClH/c15-14(16,17)11-5-3-4-10(8-11)9-19-12(20)13(18)6-1-2-7-13;/h3-5,8H,1-2,6-7,9,18H2,(H,19,20);1H. The van der Waals surface area contributed by atoms with Crippen molar-refractivity contribution >= 4 is 18.3 Å². The normalized spacial score (nSPS) is 17.1. The predicted octanol–water partition coefficient (Wildman–Crippen LogP) is 3.01. The summed E-state index contributed by atoms with van der Waals surface area (Å²) in [5.41, 5.74) is 4.81. The van der Waals surface area contributed by atoms with E-state index >= 15 is 0 Å². The zero-order chi connectivity index (χ0) is 14.8. The van der Waals surface area contributed by atoms with Gasteiger partial charge in [-0.2, -0.15) is 13.2 Å². The van der Waals surface area contributed by atoms with Crippen molar-refractivity contribution < 1.29 is 18.0 Å². The number of amides is 1. The molecule has 0 spiro atoms. The summed E-state index contributed by atoms with van der Waals surface area (Å²) in [5.74, 6) is -0.285. The van der Waals surface area contributed by atoms with Crippen molar-refractivity contribution in [1.82, 2.24) is 5.32 Å². The first kappa shape index (κ1) is 17.8. The lowest BCUT2D eigenvalue weighted by atomic mass is 9.98. The molecule has 0 radical (unpaired) electrons. The van der Waals surface area contributed by atoms with Gasteiger partial charge in [-0.3, -0.25) is 4.79 Å². The molecule has 0 heterocycles. The maximum Gasteiger partial charge on any atom is 0.416 e. The average Bonchev–Trinajstić information content (AvgIpc) is 2.83. The van der Waals surface area contributed by atoms with Crippen molar-refractivity contribution in [2.75, 3.05) is 0 Å². The summed E-state index contributed by atoms with van der Waals surface area (Å²) in [6.07, 6.45) is -1.30. The van der Waals surface area contributed by atoms with E-state index in [1.165, 1.54) is 6.07 Å². The van der Waals surface area contributed by atoms with E-state index in [-0.39, 0.29) is 24.9 Å². The fraction of sp³-hybridized carbons (Fsp3) is 0.500. The van der Waals surface area contributed by atoms with Crippen molar-refractivity contribution in [3.8, 4) is 0 Å². The van der Waals surface area contributed by atoms with Crippen LogP contribution in [0.5, 0.6) is 0 Å². The topological polar surface area (TPSA) is 55.1 Å². The molecule has 3 nitrogen and oxygen atoms in total. The zero-order valence-corrected chi connectivity index (χ0v) is 12.2. The molecule has 3 N–H and O–H groups in total. The largest absolute Gasteiger partial charge is 0.416 e. The lowest BCUT2D eigenvalue weighted by molar-refractivity contribution is -0.137. The van der Waals surface area contributed by atoms with Crippen LogP contribution in [-0.2, 0) is 17.5 Å². The first-order valence-electron chi connectivity index (χ1n) is 6.55. The Labute approximate surface area is 127 Å². The number of nitrogens with two attached hydrogens (primary N) is 1. The van der Waals surface area contributed by atoms with Gasteiger partial charge in [0.1, 0.15) is 0 Å². The lowest BCUT2D eigenvalue weighted by Crippen LogP contribution is -2.51. The van der Waals surface area contributed by atoms with Gasteiger partial charge in [0, 0.05) is 6.54 Å². The summed E-state index contributed by atoms with van der Waals surface area (Å²) in [4.78, 5) is 12.0. The van der Waals surface area contributed by atoms with Crippen LogP contribution in [-0.4, -0.2) is 11.4 Å². The number of hydrogen-bond acceptors (Lipinski definition) is 2. The lowest BCUT2D eigenvalue weighted by Gasteiger charge is -2.22. The SMILES string of the molecule is Cl.NC1(C(=O)NCc2cccc(C(F)(F)F)c2)CCCC1. The highest BCUT2D eigenvalue weighted by atomic mass is 35.5. The van der Waals surface area contributed by atoms with Crippen LogP contribution in [0.4, 0.5) is 13.2 Å². The summed E-state index contributed by atoms with van der Waals surface area (Å²) in [6, 6.07) is 4.93. The number of benzene rings is 1. The number of alkyl halides is 3.